The molecule has 1 fully saturated rings. The Bertz CT molecular complexity index is 632. The molecule has 1 heterocycles. The number of ether oxygens (including phenoxy) is 2. The Morgan fingerprint density at radius 1 is 1.33 bits per heavy atom. The molecule has 0 spiro atoms. The van der Waals surface area contributed by atoms with E-state index in [4.69, 9.17) is 4.74 Å². The smallest absolute Gasteiger partial charge is 0.412 e. The van der Waals surface area contributed by atoms with Gasteiger partial charge in [0.15, 0.2) is 12.4 Å². The molecule has 8 nitrogen and oxygen atoms in total. The van der Waals surface area contributed by atoms with Gasteiger partial charge < -0.3 is 20.1 Å². The van der Waals surface area contributed by atoms with Gasteiger partial charge in [-0.1, -0.05) is 19.3 Å². The maximum absolute atomic E-state index is 12.0. The standard InChI is InChI=1S/C19H27N3O5/c1-15(16-6-3-2-4-7-16)21-19(25)27-13-22-10-5-8-17(12-22)18(24)20-9-11-26-14-23/h5,8,10,12,14-16H,2-4,6-7,9,11,13H2,1H3,(H-,20,21,24,25)/p+1/t15-/m0/s1. The Labute approximate surface area is 159 Å². The van der Waals surface area contributed by atoms with Gasteiger partial charge >= 0.3 is 6.09 Å². The van der Waals surface area contributed by atoms with Crippen molar-refractivity contribution in [3.05, 3.63) is 30.1 Å². The summed E-state index contributed by atoms with van der Waals surface area (Å²) in [4.78, 5) is 34.1. The van der Waals surface area contributed by atoms with E-state index < -0.39 is 6.09 Å². The summed E-state index contributed by atoms with van der Waals surface area (Å²) in [6.07, 6.45) is 8.85. The number of aromatic nitrogens is 1. The summed E-state index contributed by atoms with van der Waals surface area (Å²) in [5.41, 5.74) is 0.420. The summed E-state index contributed by atoms with van der Waals surface area (Å²) in [6, 6.07) is 3.44. The number of amides is 2. The Kier molecular flexibility index (Phi) is 8.54. The largest absolute Gasteiger partial charge is 0.466 e. The topological polar surface area (TPSA) is 97.6 Å². The normalized spacial score (nSPS) is 15.4. The molecule has 1 aliphatic carbocycles. The van der Waals surface area contributed by atoms with Crippen molar-refractivity contribution in [3.63, 3.8) is 0 Å². The zero-order valence-electron chi connectivity index (χ0n) is 15.7. The maximum Gasteiger partial charge on any atom is 0.412 e. The third-order valence-corrected chi connectivity index (χ3v) is 4.74. The van der Waals surface area contributed by atoms with E-state index in [0.717, 1.165) is 12.8 Å². The van der Waals surface area contributed by atoms with E-state index in [1.54, 1.807) is 29.1 Å². The summed E-state index contributed by atoms with van der Waals surface area (Å²) in [5.74, 6) is 0.211. The summed E-state index contributed by atoms with van der Waals surface area (Å²) >= 11 is 0. The molecule has 0 radical (unpaired) electrons. The molecule has 1 aromatic heterocycles. The lowest BCUT2D eigenvalue weighted by atomic mass is 9.85. The number of hydrogen-bond donors (Lipinski definition) is 2. The minimum absolute atomic E-state index is 0.0125. The highest BCUT2D eigenvalue weighted by Crippen LogP contribution is 2.26. The summed E-state index contributed by atoms with van der Waals surface area (Å²) in [6.45, 7) is 2.71. The average molecular weight is 378 g/mol. The second kappa shape index (κ2) is 11.2. The average Bonchev–Trinajstić information content (AvgIpc) is 2.70. The van der Waals surface area contributed by atoms with Crippen molar-refractivity contribution in [2.75, 3.05) is 13.2 Å². The van der Waals surface area contributed by atoms with Gasteiger partial charge in [0.25, 0.3) is 19.1 Å². The Morgan fingerprint density at radius 2 is 2.11 bits per heavy atom. The van der Waals surface area contributed by atoms with Crippen LogP contribution >= 0.6 is 0 Å². The first kappa shape index (κ1) is 20.7. The van der Waals surface area contributed by atoms with E-state index in [1.807, 2.05) is 6.92 Å². The number of nitrogens with one attached hydrogen (secondary N) is 2. The first-order valence-corrected chi connectivity index (χ1v) is 9.36. The van der Waals surface area contributed by atoms with Crippen molar-refractivity contribution in [3.8, 4) is 0 Å². The Morgan fingerprint density at radius 3 is 2.85 bits per heavy atom. The Balaban J connectivity index is 1.77. The first-order valence-electron chi connectivity index (χ1n) is 9.36. The van der Waals surface area contributed by atoms with Crippen LogP contribution in [0.15, 0.2) is 24.5 Å². The quantitative estimate of drug-likeness (QED) is 0.386. The van der Waals surface area contributed by atoms with Gasteiger partial charge in [0, 0.05) is 12.1 Å². The second-order valence-corrected chi connectivity index (χ2v) is 6.72. The van der Waals surface area contributed by atoms with Crippen LogP contribution in [0.4, 0.5) is 4.79 Å². The van der Waals surface area contributed by atoms with Crippen molar-refractivity contribution in [1.82, 2.24) is 10.6 Å². The number of carbonyl (C=O) groups excluding carboxylic acids is 3. The third kappa shape index (κ3) is 7.24. The molecule has 1 saturated carbocycles. The fourth-order valence-corrected chi connectivity index (χ4v) is 3.22. The van der Waals surface area contributed by atoms with Crippen molar-refractivity contribution in [2.45, 2.75) is 51.8 Å². The lowest BCUT2D eigenvalue weighted by Gasteiger charge is -2.27. The molecule has 0 unspecified atom stereocenters. The molecule has 2 N–H and O–H groups in total. The molecule has 1 aliphatic rings. The van der Waals surface area contributed by atoms with Crippen LogP contribution in [0, 0.1) is 5.92 Å². The highest BCUT2D eigenvalue weighted by atomic mass is 16.6. The number of carbonyl (C=O) groups is 3. The molecular weight excluding hydrogens is 350 g/mol. The fourth-order valence-electron chi connectivity index (χ4n) is 3.22. The van der Waals surface area contributed by atoms with Crippen LogP contribution < -0.4 is 15.2 Å². The van der Waals surface area contributed by atoms with E-state index in [0.29, 0.717) is 18.0 Å². The number of hydrogen-bond acceptors (Lipinski definition) is 5. The lowest BCUT2D eigenvalue weighted by Crippen LogP contribution is -2.43. The van der Waals surface area contributed by atoms with Gasteiger partial charge in [0.05, 0.1) is 6.54 Å². The van der Waals surface area contributed by atoms with Crippen molar-refractivity contribution in [1.29, 1.82) is 0 Å². The van der Waals surface area contributed by atoms with E-state index in [2.05, 4.69) is 15.4 Å². The molecule has 0 aliphatic heterocycles. The van der Waals surface area contributed by atoms with E-state index in [9.17, 15) is 14.4 Å². The molecule has 1 aromatic rings. The fraction of sp³-hybridized carbons (Fsp3) is 0.579. The second-order valence-electron chi connectivity index (χ2n) is 6.72. The van der Waals surface area contributed by atoms with E-state index >= 15 is 0 Å². The molecule has 0 aromatic carbocycles. The molecule has 0 bridgehead atoms. The highest BCUT2D eigenvalue weighted by Gasteiger charge is 2.22. The van der Waals surface area contributed by atoms with Crippen LogP contribution in [0.1, 0.15) is 49.4 Å². The van der Waals surface area contributed by atoms with Crippen molar-refractivity contribution in [2.24, 2.45) is 5.92 Å². The van der Waals surface area contributed by atoms with Gasteiger partial charge in [-0.15, -0.1) is 0 Å². The molecule has 0 saturated heterocycles. The molecule has 8 heteroatoms. The molecule has 2 rings (SSSR count). The zero-order valence-corrected chi connectivity index (χ0v) is 15.7. The van der Waals surface area contributed by atoms with Crippen LogP contribution in [0.25, 0.3) is 0 Å². The van der Waals surface area contributed by atoms with Crippen LogP contribution in [0.5, 0.6) is 0 Å². The van der Waals surface area contributed by atoms with Crippen LogP contribution in [-0.2, 0) is 21.0 Å². The van der Waals surface area contributed by atoms with Gasteiger partial charge in [-0.25, -0.2) is 4.79 Å². The summed E-state index contributed by atoms with van der Waals surface area (Å²) in [5, 5.41) is 5.53. The Hall–Kier alpha value is -2.64. The van der Waals surface area contributed by atoms with E-state index in [1.165, 1.54) is 19.3 Å². The highest BCUT2D eigenvalue weighted by molar-refractivity contribution is 5.93. The van der Waals surface area contributed by atoms with Gasteiger partial charge in [0.1, 0.15) is 12.2 Å². The van der Waals surface area contributed by atoms with Gasteiger partial charge in [-0.2, -0.15) is 4.57 Å². The van der Waals surface area contributed by atoms with Crippen molar-refractivity contribution < 1.29 is 28.4 Å². The van der Waals surface area contributed by atoms with Crippen molar-refractivity contribution >= 4 is 18.5 Å². The summed E-state index contributed by atoms with van der Waals surface area (Å²) < 4.78 is 11.4. The van der Waals surface area contributed by atoms with Gasteiger partial charge in [0.2, 0.25) is 0 Å². The predicted molar refractivity (Wildman–Crippen MR) is 96.6 cm³/mol. The molecule has 1 atom stereocenters. The van der Waals surface area contributed by atoms with Gasteiger partial charge in [-0.3, -0.25) is 9.59 Å². The zero-order chi connectivity index (χ0) is 19.5. The minimum Gasteiger partial charge on any atom is -0.466 e. The van der Waals surface area contributed by atoms with Crippen LogP contribution in [0.3, 0.4) is 0 Å². The maximum atomic E-state index is 12.0. The lowest BCUT2D eigenvalue weighted by molar-refractivity contribution is -0.727. The number of rotatable bonds is 9. The van der Waals surface area contributed by atoms with E-state index in [-0.39, 0.29) is 31.8 Å². The number of nitrogens with zero attached hydrogens (tertiary/aromatic N) is 1. The predicted octanol–water partition coefficient (Wildman–Crippen LogP) is 1.53. The number of pyridine rings is 1. The van der Waals surface area contributed by atoms with Crippen LogP contribution in [-0.4, -0.2) is 37.7 Å². The summed E-state index contributed by atoms with van der Waals surface area (Å²) in [7, 11) is 0. The third-order valence-electron chi connectivity index (χ3n) is 4.74. The first-order chi connectivity index (χ1) is 13.1. The molecular formula is C19H28N3O5+. The molecule has 2 amide bonds. The molecule has 27 heavy (non-hydrogen) atoms. The monoisotopic (exact) mass is 378 g/mol. The minimum atomic E-state index is -0.457. The SMILES string of the molecule is C[C@H](NC(=O)OC[n+]1cccc(C(=O)NCCOC=O)c1)C1CCCCC1. The molecule has 148 valence electrons. The van der Waals surface area contributed by atoms with Gasteiger partial charge in [-0.05, 0) is 31.7 Å². The number of alkyl carbamates (subject to hydrolysis) is 1. The van der Waals surface area contributed by atoms with Crippen LogP contribution in [0.2, 0.25) is 0 Å².